The molecule has 0 spiro atoms. The maximum Gasteiger partial charge on any atom is 0.493 e. The van der Waals surface area contributed by atoms with Crippen molar-refractivity contribution in [3.8, 4) is 0 Å². The lowest BCUT2D eigenvalue weighted by Gasteiger charge is -2.46. The van der Waals surface area contributed by atoms with E-state index in [4.69, 9.17) is 21.8 Å². The summed E-state index contributed by atoms with van der Waals surface area (Å²) in [6.07, 6.45) is -1.24. The number of hydrogen-bond donors (Lipinski definition) is 1. The van der Waals surface area contributed by atoms with Gasteiger partial charge >= 0.3 is 20.9 Å². The zero-order valence-corrected chi connectivity index (χ0v) is 25.4. The predicted molar refractivity (Wildman–Crippen MR) is 133 cm³/mol. The number of hydrogen-bond acceptors (Lipinski definition) is 7. The topological polar surface area (TPSA) is 92.3 Å². The molecule has 0 aliphatic carbocycles. The molecular formula is C19H43NO7Si4. The van der Waals surface area contributed by atoms with Gasteiger partial charge in [0.1, 0.15) is 0 Å². The summed E-state index contributed by atoms with van der Waals surface area (Å²) < 4.78 is 30.3. The van der Waals surface area contributed by atoms with Crippen LogP contribution in [0.3, 0.4) is 0 Å². The van der Waals surface area contributed by atoms with Crippen molar-refractivity contribution in [1.29, 1.82) is 0 Å². The fourth-order valence-electron chi connectivity index (χ4n) is 2.60. The molecule has 182 valence electrons. The van der Waals surface area contributed by atoms with Gasteiger partial charge < -0.3 is 27.1 Å². The summed E-state index contributed by atoms with van der Waals surface area (Å²) in [7, 11) is -9.65. The van der Waals surface area contributed by atoms with E-state index < -0.39 is 57.8 Å². The summed E-state index contributed by atoms with van der Waals surface area (Å²) >= 11 is 0. The number of amides is 1. The second kappa shape index (κ2) is 11.4. The summed E-state index contributed by atoms with van der Waals surface area (Å²) in [4.78, 5) is 24.3. The van der Waals surface area contributed by atoms with Crippen LogP contribution in [0.25, 0.3) is 0 Å². The molecule has 0 aromatic carbocycles. The van der Waals surface area contributed by atoms with E-state index in [1.54, 1.807) is 0 Å². The van der Waals surface area contributed by atoms with Crippen LogP contribution in [0, 0.1) is 0 Å². The summed E-state index contributed by atoms with van der Waals surface area (Å²) in [5, 5.41) is 2.89. The van der Waals surface area contributed by atoms with Crippen LogP contribution in [0.4, 0.5) is 4.79 Å². The molecule has 0 aliphatic heterocycles. The number of carbonyl (C=O) groups is 2. The minimum Gasteiger partial charge on any atom is -0.422 e. The molecular weight excluding hydrogens is 467 g/mol. The monoisotopic (exact) mass is 509 g/mol. The Balaban J connectivity index is 5.88. The van der Waals surface area contributed by atoms with Gasteiger partial charge in [-0.3, -0.25) is 0 Å². The van der Waals surface area contributed by atoms with Gasteiger partial charge in [0.15, 0.2) is 25.0 Å². The second-order valence-electron chi connectivity index (χ2n) is 10.5. The van der Waals surface area contributed by atoms with Gasteiger partial charge in [-0.1, -0.05) is 13.5 Å². The Bertz CT molecular complexity index is 598. The van der Waals surface area contributed by atoms with Gasteiger partial charge in [-0.2, -0.15) is 0 Å². The zero-order chi connectivity index (χ0) is 24.8. The molecule has 0 rings (SSSR count). The van der Waals surface area contributed by atoms with Crippen molar-refractivity contribution in [2.75, 3.05) is 0 Å². The van der Waals surface area contributed by atoms with Crippen LogP contribution in [0.2, 0.25) is 58.9 Å². The zero-order valence-electron chi connectivity index (χ0n) is 21.4. The number of rotatable bonds is 12. The minimum atomic E-state index is -3.34. The van der Waals surface area contributed by atoms with E-state index in [-0.39, 0.29) is 5.57 Å². The molecule has 31 heavy (non-hydrogen) atoms. The molecule has 8 nitrogen and oxygen atoms in total. The average Bonchev–Trinajstić information content (AvgIpc) is 2.46. The first kappa shape index (κ1) is 30.2. The number of carbonyl (C=O) groups excluding carboxylic acids is 2. The van der Waals surface area contributed by atoms with E-state index in [1.807, 2.05) is 6.92 Å². The maximum absolute atomic E-state index is 12.7. The second-order valence-corrected chi connectivity index (χ2v) is 27.5. The molecule has 0 radical (unpaired) electrons. The van der Waals surface area contributed by atoms with E-state index in [0.29, 0.717) is 6.42 Å². The molecule has 0 aromatic heterocycles. The lowest BCUT2D eigenvalue weighted by Crippen LogP contribution is -2.70. The molecule has 1 N–H and O–H groups in total. The minimum absolute atomic E-state index is 0.226. The van der Waals surface area contributed by atoms with Gasteiger partial charge in [0.2, 0.25) is 6.29 Å². The van der Waals surface area contributed by atoms with Crippen molar-refractivity contribution in [1.82, 2.24) is 5.32 Å². The van der Waals surface area contributed by atoms with Gasteiger partial charge in [0.05, 0.1) is 5.67 Å². The predicted octanol–water partition coefficient (Wildman–Crippen LogP) is 4.99. The highest BCUT2D eigenvalue weighted by Crippen LogP contribution is 2.29. The Kier molecular flexibility index (Phi) is 11.1. The first-order chi connectivity index (χ1) is 13.7. The molecule has 2 unspecified atom stereocenters. The van der Waals surface area contributed by atoms with Gasteiger partial charge in [0.25, 0.3) is 0 Å². The van der Waals surface area contributed by atoms with Crippen LogP contribution in [0.15, 0.2) is 12.2 Å². The van der Waals surface area contributed by atoms with Crippen LogP contribution in [0.1, 0.15) is 27.2 Å². The molecule has 0 bridgehead atoms. The van der Waals surface area contributed by atoms with Crippen molar-refractivity contribution >= 4 is 45.8 Å². The smallest absolute Gasteiger partial charge is 0.422 e. The van der Waals surface area contributed by atoms with Crippen molar-refractivity contribution < 1.29 is 31.4 Å². The van der Waals surface area contributed by atoms with E-state index in [9.17, 15) is 9.59 Å². The highest BCUT2D eigenvalue weighted by molar-refractivity contribution is 6.90. The van der Waals surface area contributed by atoms with Gasteiger partial charge in [0, 0.05) is 12.5 Å². The molecule has 0 aliphatic rings. The Morgan fingerprint density at radius 2 is 1.23 bits per heavy atom. The van der Waals surface area contributed by atoms with Crippen molar-refractivity contribution in [2.24, 2.45) is 0 Å². The largest absolute Gasteiger partial charge is 0.493 e. The SMILES string of the molecule is C=C(C)C(=O)OC(C)OC(=O)NC(CC)[Si](O[Si](C)(C)C)(O[Si](C)(C)C)O[Si](C)(C)C. The van der Waals surface area contributed by atoms with Crippen LogP contribution < -0.4 is 5.32 Å². The quantitative estimate of drug-likeness (QED) is 0.171. The maximum atomic E-state index is 12.7. The van der Waals surface area contributed by atoms with Gasteiger partial charge in [-0.05, 0) is 72.3 Å². The first-order valence-electron chi connectivity index (χ1n) is 10.6. The van der Waals surface area contributed by atoms with Crippen LogP contribution in [-0.2, 0) is 26.6 Å². The molecule has 0 aromatic rings. The third kappa shape index (κ3) is 12.7. The number of alkyl carbamates (subject to hydrolysis) is 1. The van der Waals surface area contributed by atoms with Crippen molar-refractivity contribution in [3.05, 3.63) is 12.2 Å². The normalized spacial score (nSPS) is 15.1. The molecule has 0 saturated carbocycles. The molecule has 0 saturated heterocycles. The highest BCUT2D eigenvalue weighted by atomic mass is 28.5. The number of ether oxygens (including phenoxy) is 2. The van der Waals surface area contributed by atoms with Gasteiger partial charge in [-0.15, -0.1) is 0 Å². The number of esters is 1. The summed E-state index contributed by atoms with van der Waals surface area (Å²) in [6, 6.07) is 0. The van der Waals surface area contributed by atoms with Gasteiger partial charge in [-0.25, -0.2) is 9.59 Å². The Labute approximate surface area is 192 Å². The number of nitrogens with one attached hydrogen (secondary N) is 1. The Morgan fingerprint density at radius 1 is 0.839 bits per heavy atom. The summed E-state index contributed by atoms with van der Waals surface area (Å²) in [5.74, 6) is -0.623. The fourth-order valence-corrected chi connectivity index (χ4v) is 17.0. The van der Waals surface area contributed by atoms with E-state index in [0.717, 1.165) is 0 Å². The van der Waals surface area contributed by atoms with E-state index in [1.165, 1.54) is 13.8 Å². The lowest BCUT2D eigenvalue weighted by atomic mass is 10.4. The molecule has 12 heteroatoms. The van der Waals surface area contributed by atoms with Crippen molar-refractivity contribution in [3.63, 3.8) is 0 Å². The standard InChI is InChI=1S/C19H43NO7Si4/c1-14-17(20-19(22)24-16(4)23-18(21)15(2)3)31(25-28(5,6)7,26-29(8,9)10)27-30(11,12)13/h16-17H,2,14H2,1,3-13H3,(H,20,22). The van der Waals surface area contributed by atoms with E-state index >= 15 is 0 Å². The highest BCUT2D eigenvalue weighted by Gasteiger charge is 2.56. The third-order valence-corrected chi connectivity index (χ3v) is 15.5. The summed E-state index contributed by atoms with van der Waals surface area (Å²) in [5.41, 5.74) is -0.265. The lowest BCUT2D eigenvalue weighted by molar-refractivity contribution is -0.159. The molecule has 0 fully saturated rings. The summed E-state index contributed by atoms with van der Waals surface area (Å²) in [6.45, 7) is 27.2. The average molecular weight is 510 g/mol. The van der Waals surface area contributed by atoms with Crippen LogP contribution in [0.5, 0.6) is 0 Å². The molecule has 0 heterocycles. The fraction of sp³-hybridized carbons (Fsp3) is 0.789. The Morgan fingerprint density at radius 3 is 1.52 bits per heavy atom. The molecule has 1 amide bonds. The first-order valence-corrected chi connectivity index (χ1v) is 22.7. The van der Waals surface area contributed by atoms with E-state index in [2.05, 4.69) is 70.8 Å². The van der Waals surface area contributed by atoms with Crippen molar-refractivity contribution in [2.45, 2.75) is 98.1 Å². The Hall–Kier alpha value is -0.772. The third-order valence-electron chi connectivity index (χ3n) is 3.37. The van der Waals surface area contributed by atoms with Crippen LogP contribution in [-0.4, -0.2) is 57.8 Å². The van der Waals surface area contributed by atoms with Crippen LogP contribution >= 0.6 is 0 Å². The molecule has 2 atom stereocenters.